The van der Waals surface area contributed by atoms with Crippen LogP contribution in [0.3, 0.4) is 0 Å². The van der Waals surface area contributed by atoms with E-state index in [1.165, 1.54) is 51.0 Å². The summed E-state index contributed by atoms with van der Waals surface area (Å²) in [6, 6.07) is 13.4. The highest BCUT2D eigenvalue weighted by atomic mass is 79.9. The molecule has 140 valence electrons. The Kier molecular flexibility index (Phi) is 7.51. The molecule has 26 heavy (non-hydrogen) atoms. The molecule has 2 aromatic rings. The molecule has 1 saturated carbocycles. The topological polar surface area (TPSA) is 21.3 Å². The summed E-state index contributed by atoms with van der Waals surface area (Å²) in [5.74, 6) is 0.591. The Morgan fingerprint density at radius 1 is 0.962 bits per heavy atom. The minimum Gasteiger partial charge on any atom is -0.488 e. The number of hydrogen-bond donors (Lipinski definition) is 1. The van der Waals surface area contributed by atoms with E-state index < -0.39 is 0 Å². The molecule has 0 heterocycles. The van der Waals surface area contributed by atoms with Gasteiger partial charge in [0.05, 0.1) is 0 Å². The Bertz CT molecular complexity index is 698. The summed E-state index contributed by atoms with van der Waals surface area (Å²) in [5.41, 5.74) is 1.69. The van der Waals surface area contributed by atoms with Crippen molar-refractivity contribution in [2.24, 2.45) is 0 Å². The molecule has 0 bridgehead atoms. The second kappa shape index (κ2) is 10.1. The third kappa shape index (κ3) is 5.82. The zero-order valence-electron chi connectivity index (χ0n) is 15.1. The van der Waals surface area contributed by atoms with E-state index in [2.05, 4.69) is 27.3 Å². The standard InChI is InChI=1S/C22H27BrFNO/c23-19-12-13-22(26-16-17-8-6-7-11-21(17)24)18(14-19)15-25-20-9-4-2-1-3-5-10-20/h6-8,11-14,20,25H,1-5,9-10,15-16H2. The lowest BCUT2D eigenvalue weighted by molar-refractivity contribution is 0.294. The molecular weight excluding hydrogens is 393 g/mol. The van der Waals surface area contributed by atoms with Gasteiger partial charge in [0.25, 0.3) is 0 Å². The van der Waals surface area contributed by atoms with Gasteiger partial charge in [0.1, 0.15) is 18.2 Å². The number of benzene rings is 2. The Hall–Kier alpha value is -1.39. The third-order valence-corrected chi connectivity index (χ3v) is 5.54. The molecular formula is C22H27BrFNO. The van der Waals surface area contributed by atoms with Crippen LogP contribution in [0.2, 0.25) is 0 Å². The SMILES string of the molecule is Fc1ccccc1COc1ccc(Br)cc1CNC1CCCCCCC1. The van der Waals surface area contributed by atoms with Crippen molar-refractivity contribution in [2.75, 3.05) is 0 Å². The largest absolute Gasteiger partial charge is 0.488 e. The van der Waals surface area contributed by atoms with Gasteiger partial charge in [-0.15, -0.1) is 0 Å². The van der Waals surface area contributed by atoms with Crippen molar-refractivity contribution in [3.8, 4) is 5.75 Å². The molecule has 0 radical (unpaired) electrons. The van der Waals surface area contributed by atoms with E-state index in [0.29, 0.717) is 11.6 Å². The highest BCUT2D eigenvalue weighted by molar-refractivity contribution is 9.10. The number of halogens is 2. The first kappa shape index (κ1) is 19.4. The Morgan fingerprint density at radius 2 is 1.69 bits per heavy atom. The van der Waals surface area contributed by atoms with Crippen LogP contribution in [-0.2, 0) is 13.2 Å². The van der Waals surface area contributed by atoms with E-state index >= 15 is 0 Å². The Morgan fingerprint density at radius 3 is 2.46 bits per heavy atom. The molecule has 0 unspecified atom stereocenters. The molecule has 2 aromatic carbocycles. The van der Waals surface area contributed by atoms with Gasteiger partial charge in [-0.3, -0.25) is 0 Å². The van der Waals surface area contributed by atoms with E-state index in [4.69, 9.17) is 4.74 Å². The number of rotatable bonds is 6. The van der Waals surface area contributed by atoms with E-state index in [9.17, 15) is 4.39 Å². The molecule has 4 heteroatoms. The smallest absolute Gasteiger partial charge is 0.129 e. The maximum absolute atomic E-state index is 13.8. The predicted octanol–water partition coefficient (Wildman–Crippen LogP) is 6.37. The van der Waals surface area contributed by atoms with Crippen LogP contribution in [0.15, 0.2) is 46.9 Å². The van der Waals surface area contributed by atoms with E-state index in [1.54, 1.807) is 12.1 Å². The molecule has 1 fully saturated rings. The van der Waals surface area contributed by atoms with Crippen LogP contribution in [0.1, 0.15) is 56.1 Å². The maximum Gasteiger partial charge on any atom is 0.129 e. The predicted molar refractivity (Wildman–Crippen MR) is 108 cm³/mol. The second-order valence-corrected chi connectivity index (χ2v) is 7.97. The monoisotopic (exact) mass is 419 g/mol. The van der Waals surface area contributed by atoms with E-state index in [0.717, 1.165) is 22.3 Å². The zero-order valence-corrected chi connectivity index (χ0v) is 16.7. The van der Waals surface area contributed by atoms with Crippen LogP contribution in [0.5, 0.6) is 5.75 Å². The van der Waals surface area contributed by atoms with Crippen molar-refractivity contribution in [3.63, 3.8) is 0 Å². The summed E-state index contributed by atoms with van der Waals surface area (Å²) in [5, 5.41) is 3.71. The van der Waals surface area contributed by atoms with Gasteiger partial charge < -0.3 is 10.1 Å². The number of hydrogen-bond acceptors (Lipinski definition) is 2. The molecule has 0 atom stereocenters. The molecule has 1 aliphatic carbocycles. The van der Waals surface area contributed by atoms with E-state index in [1.807, 2.05) is 18.2 Å². The fourth-order valence-corrected chi connectivity index (χ4v) is 3.92. The molecule has 2 nitrogen and oxygen atoms in total. The van der Waals surface area contributed by atoms with Crippen LogP contribution >= 0.6 is 15.9 Å². The lowest BCUT2D eigenvalue weighted by Crippen LogP contribution is -2.29. The summed E-state index contributed by atoms with van der Waals surface area (Å²) < 4.78 is 20.8. The summed E-state index contributed by atoms with van der Waals surface area (Å²) in [4.78, 5) is 0. The molecule has 0 aromatic heterocycles. The first-order valence-electron chi connectivity index (χ1n) is 9.60. The molecule has 0 amide bonds. The molecule has 0 aliphatic heterocycles. The van der Waals surface area contributed by atoms with Gasteiger partial charge in [0, 0.05) is 28.2 Å². The average molecular weight is 420 g/mol. The van der Waals surface area contributed by atoms with Crippen LogP contribution < -0.4 is 10.1 Å². The fraction of sp³-hybridized carbons (Fsp3) is 0.455. The van der Waals surface area contributed by atoms with Gasteiger partial charge in [-0.1, -0.05) is 66.2 Å². The highest BCUT2D eigenvalue weighted by Crippen LogP contribution is 2.25. The summed E-state index contributed by atoms with van der Waals surface area (Å²) >= 11 is 3.55. The van der Waals surface area contributed by atoms with Crippen molar-refractivity contribution in [1.29, 1.82) is 0 Å². The van der Waals surface area contributed by atoms with Gasteiger partial charge in [-0.05, 0) is 37.1 Å². The van der Waals surface area contributed by atoms with Gasteiger partial charge in [0.15, 0.2) is 0 Å². The summed E-state index contributed by atoms with van der Waals surface area (Å²) in [7, 11) is 0. The minimum absolute atomic E-state index is 0.223. The normalized spacial score (nSPS) is 16.1. The average Bonchev–Trinajstić information content (AvgIpc) is 2.61. The number of ether oxygens (including phenoxy) is 1. The molecule has 0 saturated heterocycles. The lowest BCUT2D eigenvalue weighted by atomic mass is 9.96. The van der Waals surface area contributed by atoms with Gasteiger partial charge in [-0.25, -0.2) is 4.39 Å². The highest BCUT2D eigenvalue weighted by Gasteiger charge is 2.13. The summed E-state index contributed by atoms with van der Waals surface area (Å²) in [6.45, 7) is 1.02. The fourth-order valence-electron chi connectivity index (χ4n) is 3.51. The van der Waals surface area contributed by atoms with Crippen LogP contribution in [0.25, 0.3) is 0 Å². The second-order valence-electron chi connectivity index (χ2n) is 7.06. The summed E-state index contributed by atoms with van der Waals surface area (Å²) in [6.07, 6.45) is 9.21. The van der Waals surface area contributed by atoms with Crippen molar-refractivity contribution in [1.82, 2.24) is 5.32 Å². The first-order valence-corrected chi connectivity index (χ1v) is 10.4. The van der Waals surface area contributed by atoms with Crippen molar-refractivity contribution in [2.45, 2.75) is 64.1 Å². The quantitative estimate of drug-likeness (QED) is 0.586. The van der Waals surface area contributed by atoms with Crippen LogP contribution in [-0.4, -0.2) is 6.04 Å². The Labute approximate surface area is 164 Å². The first-order chi connectivity index (χ1) is 12.7. The third-order valence-electron chi connectivity index (χ3n) is 5.05. The molecule has 1 aliphatic rings. The molecule has 1 N–H and O–H groups in total. The van der Waals surface area contributed by atoms with Crippen molar-refractivity contribution < 1.29 is 9.13 Å². The van der Waals surface area contributed by atoms with Crippen molar-refractivity contribution in [3.05, 3.63) is 63.9 Å². The van der Waals surface area contributed by atoms with E-state index in [-0.39, 0.29) is 12.4 Å². The maximum atomic E-state index is 13.8. The minimum atomic E-state index is -0.223. The van der Waals surface area contributed by atoms with Gasteiger partial charge in [0.2, 0.25) is 0 Å². The molecule has 3 rings (SSSR count). The van der Waals surface area contributed by atoms with Crippen molar-refractivity contribution >= 4 is 15.9 Å². The van der Waals surface area contributed by atoms with Crippen LogP contribution in [0.4, 0.5) is 4.39 Å². The number of nitrogens with one attached hydrogen (secondary N) is 1. The Balaban J connectivity index is 1.62. The lowest BCUT2D eigenvalue weighted by Gasteiger charge is -2.22. The zero-order chi connectivity index (χ0) is 18.2. The van der Waals surface area contributed by atoms with Crippen LogP contribution in [0, 0.1) is 5.82 Å². The van der Waals surface area contributed by atoms with Gasteiger partial charge >= 0.3 is 0 Å². The van der Waals surface area contributed by atoms with Gasteiger partial charge in [-0.2, -0.15) is 0 Å². The molecule has 0 spiro atoms.